The number of thioether (sulfide) groups is 2. The van der Waals surface area contributed by atoms with E-state index in [1.807, 2.05) is 30.1 Å². The number of nitrogens with one attached hydrogen (secondary N) is 1. The van der Waals surface area contributed by atoms with Gasteiger partial charge in [-0.05, 0) is 23.9 Å². The molecule has 1 aromatic carbocycles. The Balaban J connectivity index is 1.73. The van der Waals surface area contributed by atoms with Crippen molar-refractivity contribution < 1.29 is 9.53 Å². The van der Waals surface area contributed by atoms with Crippen LogP contribution in [0.4, 0.5) is 11.6 Å². The van der Waals surface area contributed by atoms with Crippen molar-refractivity contribution in [2.45, 2.75) is 4.90 Å². The number of rotatable bonds is 4. The van der Waals surface area contributed by atoms with Crippen molar-refractivity contribution in [1.82, 2.24) is 20.1 Å². The maximum absolute atomic E-state index is 13.0. The van der Waals surface area contributed by atoms with E-state index in [2.05, 4.69) is 26.8 Å². The van der Waals surface area contributed by atoms with Crippen LogP contribution in [0.2, 0.25) is 0 Å². The maximum atomic E-state index is 13.0. The fourth-order valence-corrected chi connectivity index (χ4v) is 5.02. The van der Waals surface area contributed by atoms with Gasteiger partial charge in [0.2, 0.25) is 5.95 Å². The number of benzene rings is 1. The highest BCUT2D eigenvalue weighted by Gasteiger charge is 2.38. The van der Waals surface area contributed by atoms with Gasteiger partial charge in [-0.25, -0.2) is 5.10 Å². The van der Waals surface area contributed by atoms with E-state index in [0.29, 0.717) is 22.6 Å². The summed E-state index contributed by atoms with van der Waals surface area (Å²) in [5.74, 6) is 1.03. The number of aliphatic imine (C=N–C) groups is 1. The summed E-state index contributed by atoms with van der Waals surface area (Å²) in [6.07, 6.45) is 3.05. The van der Waals surface area contributed by atoms with Crippen molar-refractivity contribution in [1.29, 1.82) is 0 Å². The Labute approximate surface area is 164 Å². The Morgan fingerprint density at radius 3 is 2.96 bits per heavy atom. The van der Waals surface area contributed by atoms with Crippen molar-refractivity contribution in [2.75, 3.05) is 25.6 Å². The highest BCUT2D eigenvalue weighted by atomic mass is 32.2. The van der Waals surface area contributed by atoms with E-state index in [0.717, 1.165) is 21.4 Å². The predicted octanol–water partition coefficient (Wildman–Crippen LogP) is 2.97. The topological polar surface area (TPSA) is 86.7 Å². The second-order valence-electron chi connectivity index (χ2n) is 5.64. The van der Waals surface area contributed by atoms with Crippen LogP contribution in [-0.4, -0.2) is 51.9 Å². The fourth-order valence-electron chi connectivity index (χ4n) is 2.70. The molecule has 8 nitrogen and oxygen atoms in total. The van der Waals surface area contributed by atoms with Gasteiger partial charge in [-0.2, -0.15) is 15.1 Å². The van der Waals surface area contributed by atoms with E-state index in [9.17, 15) is 4.79 Å². The average Bonchev–Trinajstić information content (AvgIpc) is 3.37. The normalized spacial score (nSPS) is 20.5. The Morgan fingerprint density at radius 1 is 1.41 bits per heavy atom. The number of carbonyl (C=O) groups excluding carboxylic acids is 1. The van der Waals surface area contributed by atoms with Crippen LogP contribution < -0.4 is 9.64 Å². The van der Waals surface area contributed by atoms with Gasteiger partial charge in [0.1, 0.15) is 17.0 Å². The number of carbonyl (C=O) groups is 1. The smallest absolute Gasteiger partial charge is 0.269 e. The highest BCUT2D eigenvalue weighted by molar-refractivity contribution is 8.19. The number of H-pyrrole nitrogens is 1. The molecule has 0 radical (unpaired) electrons. The molecule has 1 N–H and O–H groups in total. The quantitative estimate of drug-likeness (QED) is 0.624. The molecule has 10 heteroatoms. The van der Waals surface area contributed by atoms with Crippen LogP contribution in [0, 0.1) is 0 Å². The van der Waals surface area contributed by atoms with Crippen molar-refractivity contribution in [3.05, 3.63) is 47.1 Å². The fraction of sp³-hybridized carbons (Fsp3) is 0.176. The molecule has 2 aliphatic rings. The third-order valence-electron chi connectivity index (χ3n) is 4.01. The van der Waals surface area contributed by atoms with E-state index in [4.69, 9.17) is 4.74 Å². The minimum atomic E-state index is -0.104. The van der Waals surface area contributed by atoms with Gasteiger partial charge in [0, 0.05) is 24.6 Å². The molecule has 1 saturated heterocycles. The number of hydrogen-bond donors (Lipinski definition) is 1. The third-order valence-corrected chi connectivity index (χ3v) is 6.44. The number of amidine groups is 1. The second kappa shape index (κ2) is 7.12. The number of aromatic amines is 1. The van der Waals surface area contributed by atoms with Gasteiger partial charge in [0.25, 0.3) is 5.91 Å². The SMILES string of the molecule is C=CCN1C(=O)C(=C2Sc3ccc(OC)cc3N2C)SC1=Nc1ncn[nH]1. The molecule has 3 heterocycles. The standard InChI is InChI=1S/C17H16N6O2S2/c1-4-7-23-14(24)13(27-17(23)20-16-18-9-19-21-16)15-22(2)11-8-10(25-3)5-6-12(11)26-15/h4-6,8-9H,1,7H2,2-3H3,(H,18,19,21). The van der Waals surface area contributed by atoms with Gasteiger partial charge in [0.05, 0.1) is 17.8 Å². The summed E-state index contributed by atoms with van der Waals surface area (Å²) in [6.45, 7) is 4.11. The monoisotopic (exact) mass is 400 g/mol. The molecule has 138 valence electrons. The van der Waals surface area contributed by atoms with Crippen LogP contribution in [0.25, 0.3) is 0 Å². The van der Waals surface area contributed by atoms with Crippen molar-refractivity contribution in [2.24, 2.45) is 4.99 Å². The molecule has 1 aromatic heterocycles. The Bertz CT molecular complexity index is 970. The Morgan fingerprint density at radius 2 is 2.26 bits per heavy atom. The van der Waals surface area contributed by atoms with Crippen LogP contribution in [-0.2, 0) is 4.79 Å². The van der Waals surface area contributed by atoms with E-state index in [1.54, 1.807) is 29.8 Å². The minimum Gasteiger partial charge on any atom is -0.497 e. The number of ether oxygens (including phenoxy) is 1. The van der Waals surface area contributed by atoms with Crippen LogP contribution in [0.15, 0.2) is 57.0 Å². The molecule has 0 unspecified atom stereocenters. The largest absolute Gasteiger partial charge is 0.497 e. The second-order valence-corrected chi connectivity index (χ2v) is 7.65. The Hall–Kier alpha value is -2.72. The molecule has 0 bridgehead atoms. The average molecular weight is 400 g/mol. The molecule has 0 spiro atoms. The summed E-state index contributed by atoms with van der Waals surface area (Å²) in [7, 11) is 3.58. The van der Waals surface area contributed by atoms with E-state index >= 15 is 0 Å². The number of nitrogens with zero attached hydrogens (tertiary/aromatic N) is 5. The molecule has 2 aromatic rings. The first-order chi connectivity index (χ1) is 13.1. The molecule has 2 aliphatic heterocycles. The summed E-state index contributed by atoms with van der Waals surface area (Å²) in [4.78, 5) is 26.8. The lowest BCUT2D eigenvalue weighted by Gasteiger charge is -2.15. The van der Waals surface area contributed by atoms with E-state index in [-0.39, 0.29) is 5.91 Å². The number of fused-ring (bicyclic) bond motifs is 1. The zero-order valence-electron chi connectivity index (χ0n) is 14.7. The number of aromatic nitrogens is 3. The minimum absolute atomic E-state index is 0.104. The zero-order chi connectivity index (χ0) is 19.0. The predicted molar refractivity (Wildman–Crippen MR) is 107 cm³/mol. The Kier molecular flexibility index (Phi) is 4.66. The lowest BCUT2D eigenvalue weighted by molar-refractivity contribution is -0.121. The summed E-state index contributed by atoms with van der Waals surface area (Å²) in [6, 6.07) is 5.88. The molecule has 1 amide bonds. The zero-order valence-corrected chi connectivity index (χ0v) is 16.3. The lowest BCUT2D eigenvalue weighted by Crippen LogP contribution is -2.29. The molecular formula is C17H16N6O2S2. The first kappa shape index (κ1) is 17.7. The van der Waals surface area contributed by atoms with Gasteiger partial charge >= 0.3 is 0 Å². The third kappa shape index (κ3) is 3.10. The number of anilines is 1. The van der Waals surface area contributed by atoms with E-state index < -0.39 is 0 Å². The van der Waals surface area contributed by atoms with Crippen molar-refractivity contribution >= 4 is 46.2 Å². The number of hydrogen-bond acceptors (Lipinski definition) is 8. The summed E-state index contributed by atoms with van der Waals surface area (Å²) in [5, 5.41) is 7.89. The molecule has 0 aliphatic carbocycles. The van der Waals surface area contributed by atoms with Gasteiger partial charge in [-0.1, -0.05) is 17.8 Å². The van der Waals surface area contributed by atoms with Crippen LogP contribution >= 0.6 is 23.5 Å². The molecule has 1 fully saturated rings. The molecule has 0 saturated carbocycles. The lowest BCUT2D eigenvalue weighted by atomic mass is 10.3. The van der Waals surface area contributed by atoms with Gasteiger partial charge in [-0.15, -0.1) is 6.58 Å². The van der Waals surface area contributed by atoms with Gasteiger partial charge in [-0.3, -0.25) is 9.69 Å². The van der Waals surface area contributed by atoms with Crippen molar-refractivity contribution in [3.63, 3.8) is 0 Å². The van der Waals surface area contributed by atoms with Gasteiger partial charge < -0.3 is 9.64 Å². The maximum Gasteiger partial charge on any atom is 0.269 e. The molecule has 4 rings (SSSR count). The first-order valence-corrected chi connectivity index (χ1v) is 9.64. The summed E-state index contributed by atoms with van der Waals surface area (Å²) >= 11 is 2.88. The number of amides is 1. The summed E-state index contributed by atoms with van der Waals surface area (Å²) < 4.78 is 5.32. The molecule has 27 heavy (non-hydrogen) atoms. The first-order valence-electron chi connectivity index (χ1n) is 8.01. The van der Waals surface area contributed by atoms with E-state index in [1.165, 1.54) is 18.1 Å². The molecular weight excluding hydrogens is 384 g/mol. The number of methoxy groups -OCH3 is 1. The van der Waals surface area contributed by atoms with Gasteiger partial charge in [0.15, 0.2) is 5.17 Å². The molecule has 0 atom stereocenters. The van der Waals surface area contributed by atoms with Crippen molar-refractivity contribution in [3.8, 4) is 5.75 Å². The summed E-state index contributed by atoms with van der Waals surface area (Å²) in [5.41, 5.74) is 1.01. The van der Waals surface area contributed by atoms with Crippen LogP contribution in [0.1, 0.15) is 0 Å². The van der Waals surface area contributed by atoms with Crippen LogP contribution in [0.5, 0.6) is 5.75 Å². The highest BCUT2D eigenvalue weighted by Crippen LogP contribution is 2.50. The van der Waals surface area contributed by atoms with Crippen LogP contribution in [0.3, 0.4) is 0 Å².